The van der Waals surface area contributed by atoms with Crippen molar-refractivity contribution in [3.8, 4) is 5.75 Å². The molecule has 1 fully saturated rings. The number of aliphatic hydroxyl groups excluding tert-OH is 1. The molecule has 0 atom stereocenters. The van der Waals surface area contributed by atoms with Crippen molar-refractivity contribution >= 4 is 10.0 Å². The van der Waals surface area contributed by atoms with Crippen LogP contribution in [-0.2, 0) is 10.0 Å². The average molecular weight is 329 g/mol. The Bertz CT molecular complexity index is 571. The van der Waals surface area contributed by atoms with Crippen molar-refractivity contribution in [3.63, 3.8) is 0 Å². The van der Waals surface area contributed by atoms with Crippen molar-refractivity contribution in [1.29, 1.82) is 0 Å². The number of sulfonamides is 1. The van der Waals surface area contributed by atoms with Gasteiger partial charge in [0.15, 0.2) is 0 Å². The maximum Gasteiger partial charge on any atom is 0.243 e. The highest BCUT2D eigenvalue weighted by Gasteiger charge is 2.38. The monoisotopic (exact) mass is 329 g/mol. The number of aliphatic hydroxyl groups is 1. The van der Waals surface area contributed by atoms with Crippen LogP contribution in [0, 0.1) is 13.8 Å². The lowest BCUT2D eigenvalue weighted by atomic mass is 10.1. The maximum absolute atomic E-state index is 12.8. The molecule has 1 saturated carbocycles. The summed E-state index contributed by atoms with van der Waals surface area (Å²) in [6, 6.07) is 3.49. The van der Waals surface area contributed by atoms with Crippen LogP contribution in [0.4, 0.5) is 0 Å². The number of hydrogen-bond acceptors (Lipinski definition) is 4. The van der Waals surface area contributed by atoms with Crippen molar-refractivity contribution in [1.82, 2.24) is 4.31 Å². The first-order valence-electron chi connectivity index (χ1n) is 7.69. The molecule has 1 N–H and O–H groups in total. The van der Waals surface area contributed by atoms with E-state index in [2.05, 4.69) is 0 Å². The van der Waals surface area contributed by atoms with Crippen LogP contribution in [0.15, 0.2) is 17.0 Å². The van der Waals surface area contributed by atoms with Gasteiger partial charge in [-0.05, 0) is 49.9 Å². The molecule has 0 saturated heterocycles. The quantitative estimate of drug-likeness (QED) is 0.871. The summed E-state index contributed by atoms with van der Waals surface area (Å²) in [4.78, 5) is 0.332. The van der Waals surface area contributed by atoms with Crippen molar-refractivity contribution < 1.29 is 18.3 Å². The van der Waals surface area contributed by atoms with E-state index in [0.29, 0.717) is 21.8 Å². The topological polar surface area (TPSA) is 66.8 Å². The van der Waals surface area contributed by atoms with Crippen LogP contribution in [0.5, 0.6) is 5.75 Å². The van der Waals surface area contributed by atoms with Crippen molar-refractivity contribution in [2.75, 3.05) is 20.3 Å². The van der Waals surface area contributed by atoms with E-state index >= 15 is 0 Å². The van der Waals surface area contributed by atoms with E-state index in [1.807, 2.05) is 13.8 Å². The van der Waals surface area contributed by atoms with E-state index in [-0.39, 0.29) is 19.2 Å². The minimum Gasteiger partial charge on any atom is -0.497 e. The Morgan fingerprint density at radius 1 is 1.23 bits per heavy atom. The summed E-state index contributed by atoms with van der Waals surface area (Å²) in [5.74, 6) is 0.652. The van der Waals surface area contributed by atoms with Crippen LogP contribution in [0.2, 0.25) is 0 Å². The Morgan fingerprint density at radius 2 is 1.73 bits per heavy atom. The molecule has 0 unspecified atom stereocenters. The molecule has 0 spiro atoms. The molecule has 2 rings (SSSR count). The second-order valence-electron chi connectivity index (χ2n) is 5.16. The molecule has 0 bridgehead atoms. The standard InChI is InChI=1S/C14H21NO4S.C2H6/c1-10-8-13(19-3)9-11(2)14(10)20(17,18)15(6-7-16)12-4-5-12;1-2/h8-9,12,16H,4-7H2,1-3H3;1-2H3. The van der Waals surface area contributed by atoms with Crippen LogP contribution < -0.4 is 4.74 Å². The van der Waals surface area contributed by atoms with Gasteiger partial charge in [0.25, 0.3) is 0 Å². The smallest absolute Gasteiger partial charge is 0.243 e. The third-order valence-corrected chi connectivity index (χ3v) is 5.77. The fourth-order valence-electron chi connectivity index (χ4n) is 2.51. The van der Waals surface area contributed by atoms with Gasteiger partial charge in [-0.2, -0.15) is 4.31 Å². The molecule has 6 heteroatoms. The zero-order valence-electron chi connectivity index (χ0n) is 14.1. The van der Waals surface area contributed by atoms with Gasteiger partial charge >= 0.3 is 0 Å². The van der Waals surface area contributed by atoms with E-state index in [1.54, 1.807) is 33.1 Å². The zero-order valence-corrected chi connectivity index (χ0v) is 14.9. The molecule has 0 radical (unpaired) electrons. The summed E-state index contributed by atoms with van der Waals surface area (Å²) in [6.07, 6.45) is 1.74. The van der Waals surface area contributed by atoms with Gasteiger partial charge in [0.1, 0.15) is 5.75 Å². The number of rotatable bonds is 6. The third kappa shape index (κ3) is 4.00. The molecule has 1 aromatic rings. The molecule has 22 heavy (non-hydrogen) atoms. The molecule has 0 heterocycles. The molecule has 126 valence electrons. The number of nitrogens with zero attached hydrogens (tertiary/aromatic N) is 1. The summed E-state index contributed by atoms with van der Waals surface area (Å²) in [5, 5.41) is 9.12. The fourth-order valence-corrected chi connectivity index (χ4v) is 4.60. The largest absolute Gasteiger partial charge is 0.497 e. The van der Waals surface area contributed by atoms with Gasteiger partial charge in [-0.1, -0.05) is 13.8 Å². The van der Waals surface area contributed by atoms with Crippen molar-refractivity contribution in [2.24, 2.45) is 0 Å². The lowest BCUT2D eigenvalue weighted by Gasteiger charge is -2.23. The molecule has 1 aromatic carbocycles. The van der Waals surface area contributed by atoms with E-state index in [4.69, 9.17) is 9.84 Å². The Balaban J connectivity index is 0.00000116. The molecular weight excluding hydrogens is 302 g/mol. The first-order valence-corrected chi connectivity index (χ1v) is 9.13. The molecule has 0 aromatic heterocycles. The normalized spacial score (nSPS) is 14.5. The van der Waals surface area contributed by atoms with Crippen LogP contribution >= 0.6 is 0 Å². The summed E-state index contributed by atoms with van der Waals surface area (Å²) in [5.41, 5.74) is 1.34. The van der Waals surface area contributed by atoms with Crippen LogP contribution in [0.1, 0.15) is 37.8 Å². The summed E-state index contributed by atoms with van der Waals surface area (Å²) in [6.45, 7) is 7.53. The highest BCUT2D eigenvalue weighted by Crippen LogP contribution is 2.35. The number of ether oxygens (including phenoxy) is 1. The summed E-state index contributed by atoms with van der Waals surface area (Å²) >= 11 is 0. The van der Waals surface area contributed by atoms with E-state index in [9.17, 15) is 8.42 Å². The lowest BCUT2D eigenvalue weighted by molar-refractivity contribution is 0.250. The predicted octanol–water partition coefficient (Wildman–Crippen LogP) is 2.48. The van der Waals surface area contributed by atoms with E-state index in [0.717, 1.165) is 12.8 Å². The van der Waals surface area contributed by atoms with Crippen molar-refractivity contribution in [2.45, 2.75) is 51.5 Å². The number of benzene rings is 1. The number of hydrogen-bond donors (Lipinski definition) is 1. The molecule has 0 amide bonds. The molecule has 1 aliphatic carbocycles. The summed E-state index contributed by atoms with van der Waals surface area (Å²) in [7, 11) is -2.01. The fraction of sp³-hybridized carbons (Fsp3) is 0.625. The van der Waals surface area contributed by atoms with Gasteiger partial charge in [0.05, 0.1) is 18.6 Å². The summed E-state index contributed by atoms with van der Waals surface area (Å²) < 4.78 is 32.2. The second-order valence-corrected chi connectivity index (χ2v) is 6.99. The minimum absolute atomic E-state index is 0.0352. The Morgan fingerprint density at radius 3 is 2.09 bits per heavy atom. The highest BCUT2D eigenvalue weighted by atomic mass is 32.2. The Labute approximate surface area is 134 Å². The highest BCUT2D eigenvalue weighted by molar-refractivity contribution is 7.89. The Hall–Kier alpha value is -1.11. The van der Waals surface area contributed by atoms with Gasteiger partial charge in [-0.3, -0.25) is 0 Å². The molecule has 1 aliphatic rings. The van der Waals surface area contributed by atoms with Crippen molar-refractivity contribution in [3.05, 3.63) is 23.3 Å². The SMILES string of the molecule is CC.COc1cc(C)c(S(=O)(=O)N(CCO)C2CC2)c(C)c1. The third-order valence-electron chi connectivity index (χ3n) is 3.51. The maximum atomic E-state index is 12.8. The average Bonchev–Trinajstić information content (AvgIpc) is 3.30. The van der Waals surface area contributed by atoms with Gasteiger partial charge in [-0.25, -0.2) is 8.42 Å². The predicted molar refractivity (Wildman–Crippen MR) is 87.8 cm³/mol. The molecule has 5 nitrogen and oxygen atoms in total. The number of aryl methyl sites for hydroxylation is 2. The van der Waals surface area contributed by atoms with Gasteiger partial charge in [-0.15, -0.1) is 0 Å². The molecular formula is C16H27NO4S. The number of methoxy groups -OCH3 is 1. The van der Waals surface area contributed by atoms with Crippen LogP contribution in [0.3, 0.4) is 0 Å². The van der Waals surface area contributed by atoms with E-state index < -0.39 is 10.0 Å². The zero-order chi connectivity index (χ0) is 16.9. The van der Waals surface area contributed by atoms with Gasteiger partial charge < -0.3 is 9.84 Å². The molecule has 0 aliphatic heterocycles. The van der Waals surface area contributed by atoms with Crippen LogP contribution in [-0.4, -0.2) is 44.1 Å². The Kier molecular flexibility index (Phi) is 6.84. The van der Waals surface area contributed by atoms with Crippen LogP contribution in [0.25, 0.3) is 0 Å². The first-order chi connectivity index (χ1) is 10.4. The van der Waals surface area contributed by atoms with E-state index in [1.165, 1.54) is 4.31 Å². The van der Waals surface area contributed by atoms with Gasteiger partial charge in [0, 0.05) is 12.6 Å². The lowest BCUT2D eigenvalue weighted by Crippen LogP contribution is -2.36. The first kappa shape index (κ1) is 18.9. The minimum atomic E-state index is -3.57. The van der Waals surface area contributed by atoms with Gasteiger partial charge in [0.2, 0.25) is 10.0 Å². The second kappa shape index (κ2) is 7.94.